The molecule has 1 atom stereocenters. The fourth-order valence-electron chi connectivity index (χ4n) is 2.90. The van der Waals surface area contributed by atoms with Gasteiger partial charge in [-0.15, -0.1) is 0 Å². The molecule has 1 saturated carbocycles. The summed E-state index contributed by atoms with van der Waals surface area (Å²) in [5, 5.41) is 3.49. The summed E-state index contributed by atoms with van der Waals surface area (Å²) in [6.07, 6.45) is 7.34. The fraction of sp³-hybridized carbons (Fsp3) is 0.636. The van der Waals surface area contributed by atoms with Gasteiger partial charge < -0.3 is 9.73 Å². The molecule has 2 heterocycles. The van der Waals surface area contributed by atoms with Gasteiger partial charge in [-0.2, -0.15) is 0 Å². The third-order valence-electron chi connectivity index (χ3n) is 3.70. The van der Waals surface area contributed by atoms with E-state index in [2.05, 4.69) is 11.4 Å². The summed E-state index contributed by atoms with van der Waals surface area (Å²) in [5.41, 5.74) is 0.553. The Morgan fingerprint density at radius 2 is 2.23 bits per heavy atom. The van der Waals surface area contributed by atoms with Crippen LogP contribution in [-0.4, -0.2) is 6.54 Å². The van der Waals surface area contributed by atoms with Crippen LogP contribution in [0.1, 0.15) is 37.5 Å². The van der Waals surface area contributed by atoms with E-state index in [1.54, 1.807) is 6.26 Å². The van der Waals surface area contributed by atoms with Crippen molar-refractivity contribution in [2.24, 2.45) is 5.41 Å². The number of hydrogen-bond donors (Lipinski definition) is 1. The highest BCUT2D eigenvalue weighted by Gasteiger charge is 2.49. The van der Waals surface area contributed by atoms with Crippen LogP contribution in [0.15, 0.2) is 22.8 Å². The van der Waals surface area contributed by atoms with Crippen molar-refractivity contribution in [3.8, 4) is 0 Å². The Morgan fingerprint density at radius 3 is 2.77 bits per heavy atom. The van der Waals surface area contributed by atoms with E-state index >= 15 is 0 Å². The molecule has 1 unspecified atom stereocenters. The average molecular weight is 177 g/mol. The van der Waals surface area contributed by atoms with Crippen LogP contribution in [0.5, 0.6) is 0 Å². The highest BCUT2D eigenvalue weighted by Crippen LogP contribution is 2.52. The SMILES string of the molecule is c1coc(C2NCC23CCCC3)c1. The van der Waals surface area contributed by atoms with Crippen LogP contribution >= 0.6 is 0 Å². The van der Waals surface area contributed by atoms with Gasteiger partial charge in [0, 0.05) is 12.0 Å². The largest absolute Gasteiger partial charge is 0.468 e. The minimum absolute atomic E-state index is 0.505. The van der Waals surface area contributed by atoms with Crippen LogP contribution in [-0.2, 0) is 0 Å². The Balaban J connectivity index is 1.86. The second kappa shape index (κ2) is 2.61. The van der Waals surface area contributed by atoms with Gasteiger partial charge in [0.15, 0.2) is 0 Å². The van der Waals surface area contributed by atoms with E-state index in [0.717, 1.165) is 5.76 Å². The van der Waals surface area contributed by atoms with E-state index in [1.165, 1.54) is 32.2 Å². The van der Waals surface area contributed by atoms with Crippen molar-refractivity contribution in [1.82, 2.24) is 5.32 Å². The van der Waals surface area contributed by atoms with E-state index in [0.29, 0.717) is 11.5 Å². The third kappa shape index (κ3) is 0.983. The van der Waals surface area contributed by atoms with Gasteiger partial charge in [0.05, 0.1) is 12.3 Å². The van der Waals surface area contributed by atoms with Gasteiger partial charge >= 0.3 is 0 Å². The van der Waals surface area contributed by atoms with Gasteiger partial charge in [0.25, 0.3) is 0 Å². The summed E-state index contributed by atoms with van der Waals surface area (Å²) in [7, 11) is 0. The van der Waals surface area contributed by atoms with Crippen molar-refractivity contribution in [1.29, 1.82) is 0 Å². The lowest BCUT2D eigenvalue weighted by molar-refractivity contribution is 0.0726. The zero-order valence-corrected chi connectivity index (χ0v) is 7.75. The molecular weight excluding hydrogens is 162 g/mol. The van der Waals surface area contributed by atoms with Gasteiger partial charge in [-0.25, -0.2) is 0 Å². The molecule has 1 aliphatic heterocycles. The van der Waals surface area contributed by atoms with Crippen LogP contribution in [0.2, 0.25) is 0 Å². The second-order valence-corrected chi connectivity index (χ2v) is 4.40. The highest BCUT2D eigenvalue weighted by atomic mass is 16.3. The van der Waals surface area contributed by atoms with E-state index in [1.807, 2.05) is 6.07 Å². The van der Waals surface area contributed by atoms with Crippen LogP contribution < -0.4 is 5.32 Å². The Kier molecular flexibility index (Phi) is 1.53. The van der Waals surface area contributed by atoms with Crippen molar-refractivity contribution in [3.63, 3.8) is 0 Å². The standard InChI is InChI=1S/C11H15NO/c1-2-6-11(5-1)8-12-10(11)9-4-3-7-13-9/h3-4,7,10,12H,1-2,5-6,8H2. The van der Waals surface area contributed by atoms with E-state index in [9.17, 15) is 0 Å². The van der Waals surface area contributed by atoms with Crippen LogP contribution in [0.4, 0.5) is 0 Å². The van der Waals surface area contributed by atoms with Crippen LogP contribution in [0.3, 0.4) is 0 Å². The van der Waals surface area contributed by atoms with Crippen LogP contribution in [0.25, 0.3) is 0 Å². The summed E-state index contributed by atoms with van der Waals surface area (Å²) < 4.78 is 5.46. The zero-order chi connectivity index (χ0) is 8.73. The molecule has 70 valence electrons. The molecule has 2 nitrogen and oxygen atoms in total. The molecule has 0 bridgehead atoms. The molecule has 1 N–H and O–H groups in total. The van der Waals surface area contributed by atoms with Gasteiger partial charge in [-0.3, -0.25) is 0 Å². The lowest BCUT2D eigenvalue weighted by Crippen LogP contribution is -2.54. The summed E-state index contributed by atoms with van der Waals surface area (Å²) in [5.74, 6) is 1.13. The number of hydrogen-bond acceptors (Lipinski definition) is 2. The number of rotatable bonds is 1. The minimum Gasteiger partial charge on any atom is -0.468 e. The predicted molar refractivity (Wildman–Crippen MR) is 50.4 cm³/mol. The molecule has 1 spiro atoms. The molecule has 1 aromatic rings. The molecule has 1 aromatic heterocycles. The molecule has 2 aliphatic rings. The first-order chi connectivity index (χ1) is 6.41. The number of nitrogens with one attached hydrogen (secondary N) is 1. The van der Waals surface area contributed by atoms with Crippen molar-refractivity contribution in [2.45, 2.75) is 31.7 Å². The lowest BCUT2D eigenvalue weighted by atomic mass is 9.71. The molecule has 3 rings (SSSR count). The fourth-order valence-corrected chi connectivity index (χ4v) is 2.90. The van der Waals surface area contributed by atoms with E-state index < -0.39 is 0 Å². The maximum absolute atomic E-state index is 5.46. The topological polar surface area (TPSA) is 25.2 Å². The van der Waals surface area contributed by atoms with E-state index in [4.69, 9.17) is 4.42 Å². The molecule has 1 saturated heterocycles. The van der Waals surface area contributed by atoms with E-state index in [-0.39, 0.29) is 0 Å². The first-order valence-corrected chi connectivity index (χ1v) is 5.18. The molecule has 0 amide bonds. The minimum atomic E-state index is 0.505. The van der Waals surface area contributed by atoms with Gasteiger partial charge in [-0.1, -0.05) is 12.8 Å². The van der Waals surface area contributed by atoms with Crippen molar-refractivity contribution in [3.05, 3.63) is 24.2 Å². The predicted octanol–water partition coefficient (Wildman–Crippen LogP) is 2.48. The molecule has 0 aromatic carbocycles. The molecular formula is C11H15NO. The Morgan fingerprint density at radius 1 is 1.38 bits per heavy atom. The maximum atomic E-state index is 5.46. The van der Waals surface area contributed by atoms with Gasteiger partial charge in [0.1, 0.15) is 5.76 Å². The van der Waals surface area contributed by atoms with Crippen LogP contribution in [0, 0.1) is 5.41 Å². The summed E-state index contributed by atoms with van der Waals surface area (Å²) in [6.45, 7) is 1.19. The average Bonchev–Trinajstić information content (AvgIpc) is 2.72. The third-order valence-corrected chi connectivity index (χ3v) is 3.70. The quantitative estimate of drug-likeness (QED) is 0.713. The summed E-state index contributed by atoms with van der Waals surface area (Å²) in [6, 6.07) is 4.58. The molecule has 2 heteroatoms. The Bertz CT molecular complexity index is 285. The smallest absolute Gasteiger partial charge is 0.121 e. The van der Waals surface area contributed by atoms with Crippen molar-refractivity contribution >= 4 is 0 Å². The van der Waals surface area contributed by atoms with Crippen molar-refractivity contribution < 1.29 is 4.42 Å². The van der Waals surface area contributed by atoms with Gasteiger partial charge in [-0.05, 0) is 25.0 Å². The Hall–Kier alpha value is -0.760. The van der Waals surface area contributed by atoms with Gasteiger partial charge in [0.2, 0.25) is 0 Å². The molecule has 2 fully saturated rings. The number of furan rings is 1. The first-order valence-electron chi connectivity index (χ1n) is 5.18. The lowest BCUT2D eigenvalue weighted by Gasteiger charge is -2.47. The Labute approximate surface area is 78.3 Å². The highest BCUT2D eigenvalue weighted by molar-refractivity contribution is 5.16. The first kappa shape index (κ1) is 7.63. The van der Waals surface area contributed by atoms with Crippen molar-refractivity contribution in [2.75, 3.05) is 6.54 Å². The normalized spacial score (nSPS) is 30.6. The summed E-state index contributed by atoms with van der Waals surface area (Å²) >= 11 is 0. The molecule has 0 radical (unpaired) electrons. The second-order valence-electron chi connectivity index (χ2n) is 4.40. The monoisotopic (exact) mass is 177 g/mol. The molecule has 1 aliphatic carbocycles. The maximum Gasteiger partial charge on any atom is 0.121 e. The molecule has 13 heavy (non-hydrogen) atoms. The zero-order valence-electron chi connectivity index (χ0n) is 7.75. The summed E-state index contributed by atoms with van der Waals surface area (Å²) in [4.78, 5) is 0.